The second kappa shape index (κ2) is 13.4. The van der Waals surface area contributed by atoms with Crippen LogP contribution in [0.3, 0.4) is 0 Å². The molecule has 7 heteroatoms. The standard InChI is InChI=1S/C20H33N3O2S.HI/c1-4-26(24)19-8-5-7-17(15-19)23-20(21-3)22-13-6-14-25-18-11-9-16(2)10-12-18;/h9-12,17,19H,4-8,13-15H2,1-3H3,(H2,21,22,23);1H. The lowest BCUT2D eigenvalue weighted by Crippen LogP contribution is -2.47. The second-order valence-electron chi connectivity index (χ2n) is 6.81. The van der Waals surface area contributed by atoms with E-state index >= 15 is 0 Å². The van der Waals surface area contributed by atoms with Crippen molar-refractivity contribution >= 4 is 40.7 Å². The van der Waals surface area contributed by atoms with Crippen LogP contribution in [0.1, 0.15) is 44.6 Å². The summed E-state index contributed by atoms with van der Waals surface area (Å²) >= 11 is 0. The van der Waals surface area contributed by atoms with Crippen LogP contribution in [0, 0.1) is 6.92 Å². The molecule has 3 unspecified atom stereocenters. The van der Waals surface area contributed by atoms with E-state index in [1.54, 1.807) is 7.05 Å². The Hall–Kier alpha value is -0.830. The highest BCUT2D eigenvalue weighted by molar-refractivity contribution is 14.0. The Morgan fingerprint density at radius 1 is 1.30 bits per heavy atom. The van der Waals surface area contributed by atoms with Gasteiger partial charge in [0, 0.05) is 41.4 Å². The maximum atomic E-state index is 12.1. The highest BCUT2D eigenvalue weighted by Crippen LogP contribution is 2.22. The molecule has 27 heavy (non-hydrogen) atoms. The van der Waals surface area contributed by atoms with Gasteiger partial charge in [0.1, 0.15) is 5.75 Å². The van der Waals surface area contributed by atoms with E-state index in [-0.39, 0.29) is 24.0 Å². The van der Waals surface area contributed by atoms with Crippen LogP contribution in [0.5, 0.6) is 5.75 Å². The molecule has 0 aromatic heterocycles. The van der Waals surface area contributed by atoms with Crippen molar-refractivity contribution in [3.63, 3.8) is 0 Å². The Kier molecular flexibility index (Phi) is 12.0. The van der Waals surface area contributed by atoms with Crippen LogP contribution < -0.4 is 15.4 Å². The molecule has 3 atom stereocenters. The molecule has 1 aromatic carbocycles. The van der Waals surface area contributed by atoms with Crippen LogP contribution >= 0.6 is 24.0 Å². The fourth-order valence-corrected chi connectivity index (χ4v) is 4.59. The first-order valence-electron chi connectivity index (χ1n) is 9.66. The largest absolute Gasteiger partial charge is 0.494 e. The number of aliphatic imine (C=N–C) groups is 1. The van der Waals surface area contributed by atoms with Crippen molar-refractivity contribution < 1.29 is 8.95 Å². The van der Waals surface area contributed by atoms with Crippen molar-refractivity contribution in [1.29, 1.82) is 0 Å². The van der Waals surface area contributed by atoms with Gasteiger partial charge in [0.15, 0.2) is 5.96 Å². The summed E-state index contributed by atoms with van der Waals surface area (Å²) in [6.45, 7) is 5.56. The number of nitrogens with zero attached hydrogens (tertiary/aromatic N) is 1. The maximum Gasteiger partial charge on any atom is 0.191 e. The third kappa shape index (κ3) is 8.81. The van der Waals surface area contributed by atoms with E-state index in [1.807, 2.05) is 19.1 Å². The number of halogens is 1. The molecule has 1 saturated carbocycles. The summed E-state index contributed by atoms with van der Waals surface area (Å²) in [5, 5.41) is 7.17. The summed E-state index contributed by atoms with van der Waals surface area (Å²) in [4.78, 5) is 4.32. The first-order valence-corrected chi connectivity index (χ1v) is 11.0. The maximum absolute atomic E-state index is 12.1. The Morgan fingerprint density at radius 3 is 2.70 bits per heavy atom. The van der Waals surface area contributed by atoms with Gasteiger partial charge in [-0.1, -0.05) is 31.0 Å². The van der Waals surface area contributed by atoms with Gasteiger partial charge in [0.05, 0.1) is 6.61 Å². The van der Waals surface area contributed by atoms with Crippen LogP contribution in [0.25, 0.3) is 0 Å². The number of ether oxygens (including phenoxy) is 1. The topological polar surface area (TPSA) is 62.7 Å². The van der Waals surface area contributed by atoms with Crippen LogP contribution in [0.4, 0.5) is 0 Å². The predicted octanol–water partition coefficient (Wildman–Crippen LogP) is 3.63. The zero-order chi connectivity index (χ0) is 18.8. The number of rotatable bonds is 8. The number of hydrogen-bond acceptors (Lipinski definition) is 3. The molecule has 1 aromatic rings. The molecule has 0 spiro atoms. The van der Waals surface area contributed by atoms with E-state index in [0.717, 1.165) is 56.1 Å². The zero-order valence-electron chi connectivity index (χ0n) is 16.7. The summed E-state index contributed by atoms with van der Waals surface area (Å²) < 4.78 is 17.8. The van der Waals surface area contributed by atoms with Crippen molar-refractivity contribution in [2.24, 2.45) is 4.99 Å². The van der Waals surface area contributed by atoms with Gasteiger partial charge in [0.2, 0.25) is 0 Å². The normalized spacial score (nSPS) is 21.1. The molecule has 1 aliphatic carbocycles. The number of guanidine groups is 1. The van der Waals surface area contributed by atoms with Crippen molar-refractivity contribution in [3.8, 4) is 5.75 Å². The average Bonchev–Trinajstić information content (AvgIpc) is 2.67. The molecule has 2 N–H and O–H groups in total. The van der Waals surface area contributed by atoms with Crippen LogP contribution in [0.2, 0.25) is 0 Å². The fraction of sp³-hybridized carbons (Fsp3) is 0.650. The average molecular weight is 507 g/mol. The lowest BCUT2D eigenvalue weighted by Gasteiger charge is -2.30. The Balaban J connectivity index is 0.00000364. The number of nitrogens with one attached hydrogen (secondary N) is 2. The van der Waals surface area contributed by atoms with Crippen molar-refractivity contribution in [1.82, 2.24) is 10.6 Å². The minimum absolute atomic E-state index is 0. The molecule has 0 bridgehead atoms. The van der Waals surface area contributed by atoms with Crippen molar-refractivity contribution in [3.05, 3.63) is 29.8 Å². The Bertz CT molecular complexity index is 595. The highest BCUT2D eigenvalue weighted by Gasteiger charge is 2.25. The molecule has 0 saturated heterocycles. The molecule has 0 amide bonds. The van der Waals surface area contributed by atoms with Crippen molar-refractivity contribution in [2.75, 3.05) is 26.0 Å². The van der Waals surface area contributed by atoms with Gasteiger partial charge >= 0.3 is 0 Å². The molecule has 1 fully saturated rings. The van der Waals surface area contributed by atoms with Crippen LogP contribution in [-0.2, 0) is 10.8 Å². The fourth-order valence-electron chi connectivity index (χ4n) is 3.24. The van der Waals surface area contributed by atoms with Crippen LogP contribution in [-0.4, -0.2) is 47.4 Å². The third-order valence-electron chi connectivity index (χ3n) is 4.75. The number of hydrogen-bond donors (Lipinski definition) is 2. The van der Waals surface area contributed by atoms with E-state index in [9.17, 15) is 4.21 Å². The zero-order valence-corrected chi connectivity index (χ0v) is 19.8. The molecule has 0 heterocycles. The molecule has 5 nitrogen and oxygen atoms in total. The number of benzene rings is 1. The second-order valence-corrected chi connectivity index (χ2v) is 8.82. The minimum atomic E-state index is -0.696. The van der Waals surface area contributed by atoms with E-state index in [1.165, 1.54) is 5.56 Å². The predicted molar refractivity (Wildman–Crippen MR) is 126 cm³/mol. The lowest BCUT2D eigenvalue weighted by atomic mass is 9.95. The molecule has 0 radical (unpaired) electrons. The SMILES string of the molecule is CCS(=O)C1CCCC(NC(=NC)NCCCOc2ccc(C)cc2)C1.I. The summed E-state index contributed by atoms with van der Waals surface area (Å²) in [5.74, 6) is 2.49. The van der Waals surface area contributed by atoms with Crippen LogP contribution in [0.15, 0.2) is 29.3 Å². The smallest absolute Gasteiger partial charge is 0.191 e. The summed E-state index contributed by atoms with van der Waals surface area (Å²) in [5.41, 5.74) is 1.24. The molecular weight excluding hydrogens is 473 g/mol. The van der Waals surface area contributed by atoms with Gasteiger partial charge in [-0.15, -0.1) is 24.0 Å². The third-order valence-corrected chi connectivity index (χ3v) is 6.49. The minimum Gasteiger partial charge on any atom is -0.494 e. The quantitative estimate of drug-likeness (QED) is 0.244. The van der Waals surface area contributed by atoms with Gasteiger partial charge in [-0.25, -0.2) is 0 Å². The first-order chi connectivity index (χ1) is 12.6. The molecule has 1 aliphatic rings. The van der Waals surface area contributed by atoms with E-state index in [4.69, 9.17) is 4.74 Å². The summed E-state index contributed by atoms with van der Waals surface area (Å²) in [7, 11) is 1.10. The molecule has 154 valence electrons. The van der Waals surface area contributed by atoms with E-state index in [2.05, 4.69) is 34.7 Å². The lowest BCUT2D eigenvalue weighted by molar-refractivity contribution is 0.311. The van der Waals surface area contributed by atoms with Gasteiger partial charge < -0.3 is 15.4 Å². The van der Waals surface area contributed by atoms with Gasteiger partial charge in [-0.05, 0) is 44.7 Å². The van der Waals surface area contributed by atoms with E-state index < -0.39 is 10.8 Å². The summed E-state index contributed by atoms with van der Waals surface area (Å²) in [6.07, 6.45) is 5.21. The monoisotopic (exact) mass is 507 g/mol. The molecular formula is C20H34IN3O2S. The Morgan fingerprint density at radius 2 is 2.04 bits per heavy atom. The first kappa shape index (κ1) is 24.2. The molecule has 0 aliphatic heterocycles. The van der Waals surface area contributed by atoms with E-state index in [0.29, 0.717) is 17.9 Å². The van der Waals surface area contributed by atoms with Gasteiger partial charge in [0.25, 0.3) is 0 Å². The molecule has 2 rings (SSSR count). The summed E-state index contributed by atoms with van der Waals surface area (Å²) in [6, 6.07) is 8.48. The van der Waals surface area contributed by atoms with Crippen molar-refractivity contribution in [2.45, 2.75) is 57.2 Å². The highest BCUT2D eigenvalue weighted by atomic mass is 127. The Labute approximate surface area is 183 Å². The van der Waals surface area contributed by atoms with Gasteiger partial charge in [-0.2, -0.15) is 0 Å². The van der Waals surface area contributed by atoms with Gasteiger partial charge in [-0.3, -0.25) is 9.20 Å². The number of aryl methyl sites for hydroxylation is 1.